The number of hydrogen-bond acceptors (Lipinski definition) is 5. The van der Waals surface area contributed by atoms with Crippen molar-refractivity contribution in [1.29, 1.82) is 0 Å². The number of carbonyl (C=O) groups is 2. The van der Waals surface area contributed by atoms with Crippen LogP contribution >= 0.6 is 30.3 Å². The van der Waals surface area contributed by atoms with Crippen molar-refractivity contribution in [1.82, 2.24) is 14.1 Å². The van der Waals surface area contributed by atoms with Crippen molar-refractivity contribution in [3.05, 3.63) is 64.8 Å². The Balaban J connectivity index is 1.75. The molecule has 0 aliphatic heterocycles. The van der Waals surface area contributed by atoms with Crippen LogP contribution in [0.3, 0.4) is 0 Å². The summed E-state index contributed by atoms with van der Waals surface area (Å²) in [6.07, 6.45) is 2.98. The van der Waals surface area contributed by atoms with Gasteiger partial charge in [0.1, 0.15) is 0 Å². The molecule has 0 saturated heterocycles. The van der Waals surface area contributed by atoms with Crippen molar-refractivity contribution in [2.24, 2.45) is 5.73 Å². The summed E-state index contributed by atoms with van der Waals surface area (Å²) in [5, 5.41) is 5.44. The zero-order valence-electron chi connectivity index (χ0n) is 15.6. The zero-order chi connectivity index (χ0) is 20.3. The summed E-state index contributed by atoms with van der Waals surface area (Å²) < 4.78 is 1.86. The molecule has 0 aliphatic rings. The third-order valence-corrected chi connectivity index (χ3v) is 6.39. The van der Waals surface area contributed by atoms with E-state index >= 15 is 0 Å². The molecular formula is C20H21IN4O2S. The predicted octanol–water partition coefficient (Wildman–Crippen LogP) is 3.67. The lowest BCUT2D eigenvalue weighted by Gasteiger charge is -2.21. The SMILES string of the molecule is Cc1ccccc1C(=O)N(C=O)CC(N)Cc1ccc2c(cnn2SI)c1C. The predicted molar refractivity (Wildman–Crippen MR) is 121 cm³/mol. The number of benzene rings is 2. The van der Waals surface area contributed by atoms with E-state index in [1.54, 1.807) is 12.1 Å². The van der Waals surface area contributed by atoms with Crippen molar-refractivity contribution in [2.45, 2.75) is 26.3 Å². The van der Waals surface area contributed by atoms with Gasteiger partial charge in [0.15, 0.2) is 0 Å². The summed E-state index contributed by atoms with van der Waals surface area (Å²) in [5.41, 5.74) is 10.9. The Morgan fingerprint density at radius 2 is 2.07 bits per heavy atom. The quantitative estimate of drug-likeness (QED) is 0.389. The smallest absolute Gasteiger partial charge is 0.260 e. The molecule has 8 heteroatoms. The fourth-order valence-electron chi connectivity index (χ4n) is 3.28. The van der Waals surface area contributed by atoms with Crippen LogP contribution in [0.5, 0.6) is 0 Å². The second kappa shape index (κ2) is 9.06. The topological polar surface area (TPSA) is 81.2 Å². The van der Waals surface area contributed by atoms with Crippen LogP contribution in [0, 0.1) is 13.8 Å². The fourth-order valence-corrected chi connectivity index (χ4v) is 4.54. The summed E-state index contributed by atoms with van der Waals surface area (Å²) in [6, 6.07) is 10.9. The average molecular weight is 508 g/mol. The van der Waals surface area contributed by atoms with Gasteiger partial charge in [0.25, 0.3) is 5.91 Å². The van der Waals surface area contributed by atoms with E-state index in [1.807, 2.05) is 48.4 Å². The van der Waals surface area contributed by atoms with Crippen molar-refractivity contribution in [3.8, 4) is 0 Å². The molecule has 28 heavy (non-hydrogen) atoms. The van der Waals surface area contributed by atoms with Gasteiger partial charge in [-0.2, -0.15) is 9.19 Å². The van der Waals surface area contributed by atoms with E-state index in [0.717, 1.165) is 32.5 Å². The van der Waals surface area contributed by atoms with E-state index in [9.17, 15) is 9.59 Å². The first kappa shape index (κ1) is 20.8. The highest BCUT2D eigenvalue weighted by molar-refractivity contribution is 14.2. The van der Waals surface area contributed by atoms with Gasteiger partial charge in [-0.05, 0) is 49.1 Å². The summed E-state index contributed by atoms with van der Waals surface area (Å²) in [7, 11) is 1.51. The lowest BCUT2D eigenvalue weighted by Crippen LogP contribution is -2.41. The number of aromatic nitrogens is 2. The molecule has 0 saturated carbocycles. The second-order valence-corrected chi connectivity index (χ2v) is 8.38. The molecule has 0 bridgehead atoms. The summed E-state index contributed by atoms with van der Waals surface area (Å²) in [6.45, 7) is 4.06. The van der Waals surface area contributed by atoms with Crippen LogP contribution in [0.1, 0.15) is 27.0 Å². The molecule has 0 aliphatic carbocycles. The van der Waals surface area contributed by atoms with Crippen LogP contribution in [0.2, 0.25) is 0 Å². The van der Waals surface area contributed by atoms with Crippen molar-refractivity contribution in [2.75, 3.05) is 6.54 Å². The van der Waals surface area contributed by atoms with Gasteiger partial charge >= 0.3 is 0 Å². The molecular weight excluding hydrogens is 487 g/mol. The van der Waals surface area contributed by atoms with E-state index in [4.69, 9.17) is 5.73 Å². The Morgan fingerprint density at radius 1 is 1.32 bits per heavy atom. The van der Waals surface area contributed by atoms with E-state index < -0.39 is 0 Å². The Bertz CT molecular complexity index is 1020. The molecule has 0 radical (unpaired) electrons. The number of nitrogens with two attached hydrogens (primary N) is 1. The molecule has 1 unspecified atom stereocenters. The van der Waals surface area contributed by atoms with E-state index in [1.165, 1.54) is 9.12 Å². The Labute approximate surface area is 180 Å². The number of rotatable bonds is 7. The maximum Gasteiger partial charge on any atom is 0.260 e. The molecule has 1 aromatic heterocycles. The zero-order valence-corrected chi connectivity index (χ0v) is 18.6. The largest absolute Gasteiger partial charge is 0.326 e. The van der Waals surface area contributed by atoms with E-state index in [0.29, 0.717) is 18.4 Å². The number of imide groups is 1. The minimum Gasteiger partial charge on any atom is -0.326 e. The van der Waals surface area contributed by atoms with Crippen molar-refractivity contribution >= 4 is 53.5 Å². The maximum absolute atomic E-state index is 12.7. The Kier molecular flexibility index (Phi) is 6.73. The lowest BCUT2D eigenvalue weighted by atomic mass is 9.98. The average Bonchev–Trinajstić information content (AvgIpc) is 3.12. The van der Waals surface area contributed by atoms with Gasteiger partial charge in [0.05, 0.1) is 11.7 Å². The molecule has 2 N–H and O–H groups in total. The molecule has 3 aromatic rings. The van der Waals surface area contributed by atoms with Gasteiger partial charge in [-0.3, -0.25) is 14.5 Å². The van der Waals surface area contributed by atoms with Gasteiger partial charge in [0, 0.05) is 53.9 Å². The van der Waals surface area contributed by atoms with Gasteiger partial charge in [-0.15, -0.1) is 0 Å². The highest BCUT2D eigenvalue weighted by Gasteiger charge is 2.20. The molecule has 0 spiro atoms. The first-order chi connectivity index (χ1) is 13.5. The van der Waals surface area contributed by atoms with Crippen LogP contribution in [0.4, 0.5) is 0 Å². The van der Waals surface area contributed by atoms with Gasteiger partial charge in [-0.1, -0.05) is 24.3 Å². The minimum absolute atomic E-state index is 0.164. The van der Waals surface area contributed by atoms with Crippen LogP contribution < -0.4 is 5.73 Å². The Hall–Kier alpha value is -1.91. The van der Waals surface area contributed by atoms with Gasteiger partial charge in [-0.25, -0.2) is 0 Å². The van der Waals surface area contributed by atoms with Crippen LogP contribution in [0.25, 0.3) is 10.9 Å². The van der Waals surface area contributed by atoms with Crippen LogP contribution in [-0.4, -0.2) is 39.0 Å². The number of fused-ring (bicyclic) bond motifs is 1. The van der Waals surface area contributed by atoms with Crippen molar-refractivity contribution < 1.29 is 9.59 Å². The highest BCUT2D eigenvalue weighted by Crippen LogP contribution is 2.27. The molecule has 6 nitrogen and oxygen atoms in total. The third-order valence-electron chi connectivity index (χ3n) is 4.84. The third kappa shape index (κ3) is 4.23. The molecule has 2 amide bonds. The number of hydrogen-bond donors (Lipinski definition) is 1. The minimum atomic E-state index is -0.358. The number of carbonyl (C=O) groups excluding carboxylic acids is 2. The monoisotopic (exact) mass is 508 g/mol. The molecule has 3 rings (SSSR count). The van der Waals surface area contributed by atoms with Crippen LogP contribution in [0.15, 0.2) is 42.6 Å². The molecule has 146 valence electrons. The molecule has 1 atom stereocenters. The second-order valence-electron chi connectivity index (χ2n) is 6.71. The number of amides is 2. The molecule has 2 aromatic carbocycles. The highest BCUT2D eigenvalue weighted by atomic mass is 127. The van der Waals surface area contributed by atoms with Crippen LogP contribution in [-0.2, 0) is 11.2 Å². The van der Waals surface area contributed by atoms with Gasteiger partial charge < -0.3 is 5.73 Å². The standard InChI is InChI=1S/C20H21IN4O2S/c1-13-5-3-4-6-17(13)20(27)24(12-26)11-16(22)9-15-7-8-19-18(14(15)2)10-23-25(19)28-21/h3-8,10,12,16H,9,11,22H2,1-2H3. The summed E-state index contributed by atoms with van der Waals surface area (Å²) in [4.78, 5) is 25.4. The fraction of sp³-hybridized carbons (Fsp3) is 0.250. The molecule has 0 fully saturated rings. The molecule has 1 heterocycles. The number of halogens is 1. The Morgan fingerprint density at radius 3 is 2.75 bits per heavy atom. The van der Waals surface area contributed by atoms with E-state index in [-0.39, 0.29) is 18.5 Å². The maximum atomic E-state index is 12.7. The first-order valence-electron chi connectivity index (χ1n) is 8.79. The normalized spacial score (nSPS) is 12.1. The van der Waals surface area contributed by atoms with Gasteiger partial charge in [0.2, 0.25) is 6.41 Å². The number of nitrogens with zero attached hydrogens (tertiary/aromatic N) is 3. The first-order valence-corrected chi connectivity index (χ1v) is 12.1. The van der Waals surface area contributed by atoms with E-state index in [2.05, 4.69) is 26.3 Å². The van der Waals surface area contributed by atoms with Crippen molar-refractivity contribution in [3.63, 3.8) is 0 Å². The number of aryl methyl sites for hydroxylation is 2. The lowest BCUT2D eigenvalue weighted by molar-refractivity contribution is -0.116. The summed E-state index contributed by atoms with van der Waals surface area (Å²) >= 11 is 2.20. The summed E-state index contributed by atoms with van der Waals surface area (Å²) in [5.74, 6) is -0.323.